The third kappa shape index (κ3) is 3.14. The van der Waals surface area contributed by atoms with Crippen molar-refractivity contribution in [3.05, 3.63) is 64.4 Å². The fraction of sp³-hybridized carbons (Fsp3) is 0.133. The summed E-state index contributed by atoms with van der Waals surface area (Å²) in [7, 11) is 0. The van der Waals surface area contributed by atoms with Crippen LogP contribution in [0.4, 0.5) is 0 Å². The molecule has 1 N–H and O–H groups in total. The van der Waals surface area contributed by atoms with E-state index in [0.29, 0.717) is 10.6 Å². The van der Waals surface area contributed by atoms with Crippen molar-refractivity contribution in [3.8, 4) is 6.07 Å². The number of halogens is 1. The molecule has 1 aromatic heterocycles. The second-order valence-electron chi connectivity index (χ2n) is 4.26. The van der Waals surface area contributed by atoms with Gasteiger partial charge in [-0.1, -0.05) is 29.8 Å². The van der Waals surface area contributed by atoms with Gasteiger partial charge in [0.05, 0.1) is 11.6 Å². The quantitative estimate of drug-likeness (QED) is 0.942. The summed E-state index contributed by atoms with van der Waals surface area (Å²) in [6, 6.07) is 12.1. The van der Waals surface area contributed by atoms with Crippen molar-refractivity contribution >= 4 is 17.5 Å². The summed E-state index contributed by atoms with van der Waals surface area (Å²) in [5.74, 6) is -0.304. The summed E-state index contributed by atoms with van der Waals surface area (Å²) in [6.45, 7) is 1.85. The first kappa shape index (κ1) is 14.0. The van der Waals surface area contributed by atoms with Crippen molar-refractivity contribution < 1.29 is 4.79 Å². The van der Waals surface area contributed by atoms with Crippen LogP contribution in [0, 0.1) is 11.3 Å². The maximum absolute atomic E-state index is 12.0. The highest BCUT2D eigenvalue weighted by Crippen LogP contribution is 2.22. The second-order valence-corrected chi connectivity index (χ2v) is 4.67. The number of hydrogen-bond donors (Lipinski definition) is 1. The van der Waals surface area contributed by atoms with E-state index in [4.69, 9.17) is 16.9 Å². The van der Waals surface area contributed by atoms with Crippen LogP contribution < -0.4 is 5.32 Å². The van der Waals surface area contributed by atoms with E-state index in [1.54, 1.807) is 12.1 Å². The summed E-state index contributed by atoms with van der Waals surface area (Å²) >= 11 is 6.09. The van der Waals surface area contributed by atoms with Gasteiger partial charge in [0, 0.05) is 11.2 Å². The predicted molar refractivity (Wildman–Crippen MR) is 76.3 cm³/mol. The normalized spacial score (nSPS) is 11.4. The number of nitriles is 1. The van der Waals surface area contributed by atoms with E-state index in [9.17, 15) is 4.79 Å². The Labute approximate surface area is 122 Å². The van der Waals surface area contributed by atoms with Gasteiger partial charge in [0.1, 0.15) is 11.8 Å². The van der Waals surface area contributed by atoms with Crippen LogP contribution in [-0.4, -0.2) is 10.9 Å². The first-order valence-corrected chi connectivity index (χ1v) is 6.41. The van der Waals surface area contributed by atoms with E-state index in [2.05, 4.69) is 10.3 Å². The first-order valence-electron chi connectivity index (χ1n) is 6.03. The average Bonchev–Trinajstić information content (AvgIpc) is 2.47. The minimum Gasteiger partial charge on any atom is -0.344 e. The van der Waals surface area contributed by atoms with Gasteiger partial charge < -0.3 is 5.32 Å². The molecule has 2 aromatic rings. The number of amides is 1. The largest absolute Gasteiger partial charge is 0.344 e. The van der Waals surface area contributed by atoms with Crippen molar-refractivity contribution in [2.24, 2.45) is 0 Å². The van der Waals surface area contributed by atoms with Gasteiger partial charge in [-0.15, -0.1) is 0 Å². The molecule has 1 amide bonds. The van der Waals surface area contributed by atoms with Gasteiger partial charge in [0.15, 0.2) is 0 Å². The lowest BCUT2D eigenvalue weighted by atomic mass is 10.1. The molecule has 100 valence electrons. The molecule has 0 aliphatic carbocycles. The fourth-order valence-electron chi connectivity index (χ4n) is 1.77. The molecule has 2 rings (SSSR count). The van der Waals surface area contributed by atoms with Crippen LogP contribution in [-0.2, 0) is 0 Å². The Kier molecular flexibility index (Phi) is 4.34. The molecule has 0 fully saturated rings. The number of nitrogens with one attached hydrogen (secondary N) is 1. The zero-order valence-electron chi connectivity index (χ0n) is 10.8. The maximum atomic E-state index is 12.0. The lowest BCUT2D eigenvalue weighted by molar-refractivity contribution is 0.0935. The van der Waals surface area contributed by atoms with Gasteiger partial charge in [-0.3, -0.25) is 4.79 Å². The number of pyridine rings is 1. The Bertz CT molecular complexity index is 662. The van der Waals surface area contributed by atoms with Crippen LogP contribution >= 0.6 is 11.6 Å². The van der Waals surface area contributed by atoms with E-state index < -0.39 is 0 Å². The SMILES string of the molecule is CC(NC(=O)c1ccc(C#N)cn1)c1ccccc1Cl. The molecule has 0 saturated carbocycles. The molecule has 0 radical (unpaired) electrons. The highest BCUT2D eigenvalue weighted by atomic mass is 35.5. The third-order valence-electron chi connectivity index (χ3n) is 2.84. The third-order valence-corrected chi connectivity index (χ3v) is 3.19. The van der Waals surface area contributed by atoms with E-state index in [-0.39, 0.29) is 17.6 Å². The predicted octanol–water partition coefficient (Wildman–Crippen LogP) is 3.10. The number of rotatable bonds is 3. The number of hydrogen-bond acceptors (Lipinski definition) is 3. The second kappa shape index (κ2) is 6.18. The maximum Gasteiger partial charge on any atom is 0.270 e. The molecule has 0 aliphatic heterocycles. The molecule has 1 heterocycles. The van der Waals surface area contributed by atoms with Crippen LogP contribution in [0.1, 0.15) is 34.6 Å². The van der Waals surface area contributed by atoms with Gasteiger partial charge in [-0.2, -0.15) is 5.26 Å². The molecule has 1 aromatic carbocycles. The number of aromatic nitrogens is 1. The summed E-state index contributed by atoms with van der Waals surface area (Å²) in [4.78, 5) is 16.0. The molecule has 0 saturated heterocycles. The molecule has 20 heavy (non-hydrogen) atoms. The molecule has 1 unspecified atom stereocenters. The first-order chi connectivity index (χ1) is 9.61. The standard InChI is InChI=1S/C15H12ClN3O/c1-10(12-4-2-3-5-13(12)16)19-15(20)14-7-6-11(8-17)9-18-14/h2-7,9-10H,1H3,(H,19,20). The van der Waals surface area contributed by atoms with Crippen LogP contribution in [0.3, 0.4) is 0 Å². The Morgan fingerprint density at radius 1 is 1.35 bits per heavy atom. The molecule has 1 atom stereocenters. The van der Waals surface area contributed by atoms with Crippen LogP contribution in [0.15, 0.2) is 42.6 Å². The average molecular weight is 286 g/mol. The Morgan fingerprint density at radius 3 is 2.70 bits per heavy atom. The molecule has 0 bridgehead atoms. The van der Waals surface area contributed by atoms with Crippen molar-refractivity contribution in [1.29, 1.82) is 5.26 Å². The molecule has 0 aliphatic rings. The van der Waals surface area contributed by atoms with Gasteiger partial charge in [0.25, 0.3) is 5.91 Å². The van der Waals surface area contributed by atoms with Gasteiger partial charge >= 0.3 is 0 Å². The van der Waals surface area contributed by atoms with Crippen LogP contribution in [0.5, 0.6) is 0 Å². The van der Waals surface area contributed by atoms with Crippen molar-refractivity contribution in [1.82, 2.24) is 10.3 Å². The lowest BCUT2D eigenvalue weighted by Gasteiger charge is -2.15. The van der Waals surface area contributed by atoms with Crippen molar-refractivity contribution in [2.75, 3.05) is 0 Å². The minimum atomic E-state index is -0.304. The van der Waals surface area contributed by atoms with Gasteiger partial charge in [-0.05, 0) is 30.7 Å². The molecule has 0 spiro atoms. The van der Waals surface area contributed by atoms with Crippen LogP contribution in [0.2, 0.25) is 5.02 Å². The molecule has 5 heteroatoms. The number of nitrogens with zero attached hydrogens (tertiary/aromatic N) is 2. The summed E-state index contributed by atoms with van der Waals surface area (Å²) < 4.78 is 0. The Morgan fingerprint density at radius 2 is 2.10 bits per heavy atom. The van der Waals surface area contributed by atoms with Crippen LogP contribution in [0.25, 0.3) is 0 Å². The van der Waals surface area contributed by atoms with E-state index in [0.717, 1.165) is 5.56 Å². The summed E-state index contributed by atoms with van der Waals surface area (Å²) in [6.07, 6.45) is 1.37. The zero-order valence-corrected chi connectivity index (χ0v) is 11.6. The Balaban J connectivity index is 2.11. The fourth-order valence-corrected chi connectivity index (χ4v) is 2.07. The van der Waals surface area contributed by atoms with E-state index >= 15 is 0 Å². The molecular weight excluding hydrogens is 274 g/mol. The minimum absolute atomic E-state index is 0.228. The van der Waals surface area contributed by atoms with E-state index in [1.807, 2.05) is 31.2 Å². The van der Waals surface area contributed by atoms with Gasteiger partial charge in [0.2, 0.25) is 0 Å². The van der Waals surface area contributed by atoms with Crippen molar-refractivity contribution in [2.45, 2.75) is 13.0 Å². The number of benzene rings is 1. The van der Waals surface area contributed by atoms with E-state index in [1.165, 1.54) is 12.3 Å². The highest BCUT2D eigenvalue weighted by Gasteiger charge is 2.14. The number of carbonyl (C=O) groups excluding carboxylic acids is 1. The monoisotopic (exact) mass is 285 g/mol. The molecular formula is C15H12ClN3O. The Hall–Kier alpha value is -2.38. The topological polar surface area (TPSA) is 65.8 Å². The smallest absolute Gasteiger partial charge is 0.270 e. The lowest BCUT2D eigenvalue weighted by Crippen LogP contribution is -2.27. The van der Waals surface area contributed by atoms with Crippen molar-refractivity contribution in [3.63, 3.8) is 0 Å². The highest BCUT2D eigenvalue weighted by molar-refractivity contribution is 6.31. The zero-order chi connectivity index (χ0) is 14.5. The number of carbonyl (C=O) groups is 1. The molecule has 4 nitrogen and oxygen atoms in total. The summed E-state index contributed by atoms with van der Waals surface area (Å²) in [5, 5.41) is 12.1. The van der Waals surface area contributed by atoms with Gasteiger partial charge in [-0.25, -0.2) is 4.98 Å². The summed E-state index contributed by atoms with van der Waals surface area (Å²) in [5.41, 5.74) is 1.53.